The highest BCUT2D eigenvalue weighted by Crippen LogP contribution is 1.95. The summed E-state index contributed by atoms with van der Waals surface area (Å²) in [6.07, 6.45) is 1.70. The molecule has 0 bridgehead atoms. The lowest BCUT2D eigenvalue weighted by Crippen LogP contribution is -2.09. The Bertz CT molecular complexity index is 221. The van der Waals surface area contributed by atoms with Crippen LogP contribution in [0.3, 0.4) is 0 Å². The molecule has 0 radical (unpaired) electrons. The first kappa shape index (κ1) is 15.1. The minimum Gasteiger partial charge on any atom is -0.466 e. The van der Waals surface area contributed by atoms with Crippen molar-refractivity contribution in [1.82, 2.24) is 0 Å². The van der Waals surface area contributed by atoms with Gasteiger partial charge in [-0.1, -0.05) is 13.8 Å². The summed E-state index contributed by atoms with van der Waals surface area (Å²) in [4.78, 5) is 11.0. The number of carbonyl (C=O) groups is 1. The zero-order valence-corrected chi connectivity index (χ0v) is 10.6. The average molecular weight is 230 g/mol. The van der Waals surface area contributed by atoms with E-state index in [2.05, 4.69) is 18.6 Å². The monoisotopic (exact) mass is 230 g/mol. The molecule has 0 unspecified atom stereocenters. The van der Waals surface area contributed by atoms with Gasteiger partial charge < -0.3 is 14.2 Å². The van der Waals surface area contributed by atoms with E-state index in [9.17, 15) is 4.79 Å². The lowest BCUT2D eigenvalue weighted by atomic mass is 10.2. The molecule has 4 heteroatoms. The molecule has 0 spiro atoms. The van der Waals surface area contributed by atoms with Crippen molar-refractivity contribution in [3.05, 3.63) is 11.6 Å². The second kappa shape index (κ2) is 9.36. The van der Waals surface area contributed by atoms with Gasteiger partial charge in [-0.2, -0.15) is 0 Å². The highest BCUT2D eigenvalue weighted by atomic mass is 16.5. The summed E-state index contributed by atoms with van der Waals surface area (Å²) in [6, 6.07) is 0. The van der Waals surface area contributed by atoms with Crippen molar-refractivity contribution < 1.29 is 19.0 Å². The van der Waals surface area contributed by atoms with Crippen LogP contribution in [0.4, 0.5) is 0 Å². The quantitative estimate of drug-likeness (QED) is 0.362. The molecule has 0 saturated heterocycles. The zero-order valence-electron chi connectivity index (χ0n) is 10.6. The van der Waals surface area contributed by atoms with Crippen LogP contribution in [0.25, 0.3) is 0 Å². The number of hydrogen-bond acceptors (Lipinski definition) is 4. The molecule has 0 rings (SSSR count). The third-order valence-corrected chi connectivity index (χ3v) is 1.84. The molecule has 0 fully saturated rings. The Hall–Kier alpha value is -0.870. The lowest BCUT2D eigenvalue weighted by Gasteiger charge is -2.06. The lowest BCUT2D eigenvalue weighted by molar-refractivity contribution is -0.136. The van der Waals surface area contributed by atoms with Gasteiger partial charge in [0.25, 0.3) is 0 Å². The fraction of sp³-hybridized carbons (Fsp3) is 0.750. The number of hydrogen-bond donors (Lipinski definition) is 0. The van der Waals surface area contributed by atoms with Crippen molar-refractivity contribution in [2.75, 3.05) is 33.5 Å². The molecule has 0 atom stereocenters. The van der Waals surface area contributed by atoms with Gasteiger partial charge in [0.15, 0.2) is 0 Å². The standard InChI is InChI=1S/C12H22O4/c1-10(2)9-16-8-7-15-6-5-11(3)12(13)14-4/h5,10H,6-9H2,1-4H3. The number of esters is 1. The predicted octanol–water partition coefficient (Wildman–Crippen LogP) is 1.79. The van der Waals surface area contributed by atoms with Crippen molar-refractivity contribution in [3.8, 4) is 0 Å². The molecule has 0 amide bonds. The Kier molecular flexibility index (Phi) is 8.85. The van der Waals surface area contributed by atoms with Gasteiger partial charge >= 0.3 is 5.97 Å². The minimum atomic E-state index is -0.320. The topological polar surface area (TPSA) is 44.8 Å². The maximum Gasteiger partial charge on any atom is 0.333 e. The summed E-state index contributed by atoms with van der Waals surface area (Å²) in [5, 5.41) is 0. The first-order valence-electron chi connectivity index (χ1n) is 5.48. The zero-order chi connectivity index (χ0) is 12.4. The van der Waals surface area contributed by atoms with Gasteiger partial charge in [0, 0.05) is 12.2 Å². The van der Waals surface area contributed by atoms with Crippen LogP contribution in [-0.2, 0) is 19.0 Å². The van der Waals surface area contributed by atoms with Gasteiger partial charge in [0.1, 0.15) is 0 Å². The molecular weight excluding hydrogens is 208 g/mol. The fourth-order valence-corrected chi connectivity index (χ4v) is 0.948. The van der Waals surface area contributed by atoms with Crippen molar-refractivity contribution in [3.63, 3.8) is 0 Å². The SMILES string of the molecule is COC(=O)C(C)=CCOCCOCC(C)C. The molecule has 0 heterocycles. The molecule has 4 nitrogen and oxygen atoms in total. The maximum absolute atomic E-state index is 11.0. The Morgan fingerprint density at radius 3 is 2.44 bits per heavy atom. The second-order valence-electron chi connectivity index (χ2n) is 3.92. The van der Waals surface area contributed by atoms with E-state index in [0.717, 1.165) is 6.61 Å². The molecular formula is C12H22O4. The van der Waals surface area contributed by atoms with Crippen LogP contribution >= 0.6 is 0 Å². The highest BCUT2D eigenvalue weighted by molar-refractivity contribution is 5.87. The van der Waals surface area contributed by atoms with Crippen LogP contribution in [0.1, 0.15) is 20.8 Å². The summed E-state index contributed by atoms with van der Waals surface area (Å²) in [5.41, 5.74) is 0.561. The molecule has 0 aliphatic rings. The molecule has 0 aliphatic carbocycles. The van der Waals surface area contributed by atoms with Crippen LogP contribution in [0.5, 0.6) is 0 Å². The van der Waals surface area contributed by atoms with Gasteiger partial charge in [-0.25, -0.2) is 4.79 Å². The highest BCUT2D eigenvalue weighted by Gasteiger charge is 2.01. The number of rotatable bonds is 8. The van der Waals surface area contributed by atoms with E-state index in [4.69, 9.17) is 9.47 Å². The van der Waals surface area contributed by atoms with Crippen LogP contribution < -0.4 is 0 Å². The molecule has 0 aliphatic heterocycles. The van der Waals surface area contributed by atoms with E-state index in [0.29, 0.717) is 31.3 Å². The van der Waals surface area contributed by atoms with Gasteiger partial charge in [-0.3, -0.25) is 0 Å². The molecule has 0 aromatic rings. The third kappa shape index (κ3) is 8.44. The predicted molar refractivity (Wildman–Crippen MR) is 62.2 cm³/mol. The van der Waals surface area contributed by atoms with Crippen molar-refractivity contribution in [1.29, 1.82) is 0 Å². The summed E-state index contributed by atoms with van der Waals surface area (Å²) in [6.45, 7) is 8.18. The first-order chi connectivity index (χ1) is 7.57. The van der Waals surface area contributed by atoms with Crippen molar-refractivity contribution in [2.24, 2.45) is 5.92 Å². The second-order valence-corrected chi connectivity index (χ2v) is 3.92. The molecule has 0 N–H and O–H groups in total. The van der Waals surface area contributed by atoms with Gasteiger partial charge in [0.2, 0.25) is 0 Å². The van der Waals surface area contributed by atoms with Crippen LogP contribution in [-0.4, -0.2) is 39.5 Å². The smallest absolute Gasteiger partial charge is 0.333 e. The van der Waals surface area contributed by atoms with Crippen LogP contribution in [0.2, 0.25) is 0 Å². The van der Waals surface area contributed by atoms with E-state index in [1.54, 1.807) is 13.0 Å². The normalized spacial score (nSPS) is 11.9. The average Bonchev–Trinajstić information content (AvgIpc) is 2.25. The largest absolute Gasteiger partial charge is 0.466 e. The summed E-state index contributed by atoms with van der Waals surface area (Å²) < 4.78 is 15.2. The Labute approximate surface area is 97.6 Å². The summed E-state index contributed by atoms with van der Waals surface area (Å²) in [5.74, 6) is 0.223. The van der Waals surface area contributed by atoms with E-state index in [1.165, 1.54) is 7.11 Å². The molecule has 0 aromatic heterocycles. The molecule has 16 heavy (non-hydrogen) atoms. The van der Waals surface area contributed by atoms with Gasteiger partial charge in [-0.15, -0.1) is 0 Å². The number of carbonyl (C=O) groups excluding carboxylic acids is 1. The molecule has 0 aromatic carbocycles. The summed E-state index contributed by atoms with van der Waals surface area (Å²) >= 11 is 0. The first-order valence-corrected chi connectivity index (χ1v) is 5.48. The van der Waals surface area contributed by atoms with Gasteiger partial charge in [-0.05, 0) is 18.9 Å². The van der Waals surface area contributed by atoms with Crippen molar-refractivity contribution >= 4 is 5.97 Å². The van der Waals surface area contributed by atoms with Crippen LogP contribution in [0.15, 0.2) is 11.6 Å². The van der Waals surface area contributed by atoms with Crippen LogP contribution in [0, 0.1) is 5.92 Å². The number of methoxy groups -OCH3 is 1. The Morgan fingerprint density at radius 2 is 1.88 bits per heavy atom. The van der Waals surface area contributed by atoms with Crippen molar-refractivity contribution in [2.45, 2.75) is 20.8 Å². The van der Waals surface area contributed by atoms with E-state index in [-0.39, 0.29) is 5.97 Å². The summed E-state index contributed by atoms with van der Waals surface area (Å²) in [7, 11) is 1.36. The Balaban J connectivity index is 3.42. The molecule has 94 valence electrons. The minimum absolute atomic E-state index is 0.320. The number of ether oxygens (including phenoxy) is 3. The maximum atomic E-state index is 11.0. The van der Waals surface area contributed by atoms with Gasteiger partial charge in [0.05, 0.1) is 26.9 Å². The fourth-order valence-electron chi connectivity index (χ4n) is 0.948. The molecule has 0 saturated carbocycles. The van der Waals surface area contributed by atoms with E-state index >= 15 is 0 Å². The Morgan fingerprint density at radius 1 is 1.25 bits per heavy atom. The van der Waals surface area contributed by atoms with E-state index < -0.39 is 0 Å². The van der Waals surface area contributed by atoms with E-state index in [1.807, 2.05) is 0 Å². The third-order valence-electron chi connectivity index (χ3n) is 1.84.